The number of nitrogens with zero attached hydrogens (tertiary/aromatic N) is 1. The van der Waals surface area contributed by atoms with Gasteiger partial charge in [0.2, 0.25) is 0 Å². The average Bonchev–Trinajstić information content (AvgIpc) is 1.74. The number of allylic oxidation sites excluding steroid dienone is 1. The molecule has 1 aliphatic heterocycles. The van der Waals surface area contributed by atoms with E-state index in [9.17, 15) is 0 Å². The predicted molar refractivity (Wildman–Crippen MR) is 53.9 cm³/mol. The fraction of sp³-hybridized carbons (Fsp3) is 0.818. The Morgan fingerprint density at radius 3 is 2.25 bits per heavy atom. The van der Waals surface area contributed by atoms with E-state index < -0.39 is 0 Å². The molecule has 0 aromatic heterocycles. The van der Waals surface area contributed by atoms with Crippen molar-refractivity contribution in [2.45, 2.75) is 34.1 Å². The third kappa shape index (κ3) is 2.54. The molecule has 0 aromatic rings. The molecule has 0 aromatic carbocycles. The van der Waals surface area contributed by atoms with Gasteiger partial charge in [0.25, 0.3) is 0 Å². The van der Waals surface area contributed by atoms with Crippen molar-refractivity contribution in [3.05, 3.63) is 12.3 Å². The van der Waals surface area contributed by atoms with Gasteiger partial charge in [0, 0.05) is 18.8 Å². The Bertz CT molecular complexity index is 170. The van der Waals surface area contributed by atoms with E-state index in [0.717, 1.165) is 5.92 Å². The minimum atomic E-state index is 0.492. The number of hydrogen-bond acceptors (Lipinski definition) is 1. The highest BCUT2D eigenvalue weighted by Gasteiger charge is 2.29. The van der Waals surface area contributed by atoms with Crippen molar-refractivity contribution < 1.29 is 0 Å². The molecule has 1 heterocycles. The fourth-order valence-corrected chi connectivity index (χ4v) is 1.88. The summed E-state index contributed by atoms with van der Waals surface area (Å²) in [5.74, 6) is 0.904. The molecule has 1 aliphatic rings. The van der Waals surface area contributed by atoms with Crippen LogP contribution < -0.4 is 0 Å². The maximum atomic E-state index is 3.93. The van der Waals surface area contributed by atoms with Crippen LogP contribution in [0.1, 0.15) is 34.1 Å². The van der Waals surface area contributed by atoms with Crippen molar-refractivity contribution in [1.29, 1.82) is 0 Å². The zero-order valence-electron chi connectivity index (χ0n) is 8.85. The topological polar surface area (TPSA) is 3.24 Å². The van der Waals surface area contributed by atoms with E-state index in [0.29, 0.717) is 5.41 Å². The van der Waals surface area contributed by atoms with E-state index in [-0.39, 0.29) is 0 Å². The van der Waals surface area contributed by atoms with E-state index in [1.807, 2.05) is 0 Å². The molecule has 1 heteroatoms. The zero-order chi connectivity index (χ0) is 9.35. The number of likely N-dealkylation sites (tertiary alicyclic amines) is 1. The number of hydrogen-bond donors (Lipinski definition) is 0. The molecule has 1 rings (SSSR count). The summed E-state index contributed by atoms with van der Waals surface area (Å²) in [7, 11) is 0. The molecule has 1 saturated heterocycles. The lowest BCUT2D eigenvalue weighted by Gasteiger charge is -2.43. The summed E-state index contributed by atoms with van der Waals surface area (Å²) in [6, 6.07) is 0. The summed E-state index contributed by atoms with van der Waals surface area (Å²) in [6.07, 6.45) is 1.34. The highest BCUT2D eigenvalue weighted by atomic mass is 15.2. The van der Waals surface area contributed by atoms with Crippen molar-refractivity contribution in [2.75, 3.05) is 13.1 Å². The van der Waals surface area contributed by atoms with Crippen LogP contribution in [-0.4, -0.2) is 18.0 Å². The van der Waals surface area contributed by atoms with E-state index in [4.69, 9.17) is 0 Å². The van der Waals surface area contributed by atoms with Gasteiger partial charge in [-0.25, -0.2) is 0 Å². The standard InChI is InChI=1S/C11H21N/c1-9(2)12-7-10(8-12)6-11(3,4)5/h10H,1,6-8H2,2-5H3. The van der Waals surface area contributed by atoms with Gasteiger partial charge >= 0.3 is 0 Å². The first-order valence-corrected chi connectivity index (χ1v) is 4.79. The molecule has 12 heavy (non-hydrogen) atoms. The Morgan fingerprint density at radius 2 is 1.92 bits per heavy atom. The third-order valence-corrected chi connectivity index (χ3v) is 2.40. The van der Waals surface area contributed by atoms with Crippen LogP contribution in [0.2, 0.25) is 0 Å². The predicted octanol–water partition coefficient (Wildman–Crippen LogP) is 2.89. The zero-order valence-corrected chi connectivity index (χ0v) is 8.85. The Balaban J connectivity index is 2.22. The smallest absolute Gasteiger partial charge is 0.0220 e. The molecule has 0 N–H and O–H groups in total. The Kier molecular flexibility index (Phi) is 2.50. The second-order valence-corrected chi connectivity index (χ2v) is 5.27. The van der Waals surface area contributed by atoms with Crippen LogP contribution in [0.15, 0.2) is 12.3 Å². The molecule has 0 bridgehead atoms. The van der Waals surface area contributed by atoms with Crippen LogP contribution in [-0.2, 0) is 0 Å². The van der Waals surface area contributed by atoms with Crippen LogP contribution in [0.3, 0.4) is 0 Å². The molecule has 1 nitrogen and oxygen atoms in total. The Hall–Kier alpha value is -0.460. The molecule has 70 valence electrons. The van der Waals surface area contributed by atoms with Crippen LogP contribution in [0, 0.1) is 11.3 Å². The van der Waals surface area contributed by atoms with Crippen molar-refractivity contribution in [2.24, 2.45) is 11.3 Å². The molecular formula is C11H21N. The van der Waals surface area contributed by atoms with Crippen LogP contribution in [0.25, 0.3) is 0 Å². The Labute approximate surface area is 76.5 Å². The van der Waals surface area contributed by atoms with Crippen LogP contribution >= 0.6 is 0 Å². The first-order valence-electron chi connectivity index (χ1n) is 4.79. The van der Waals surface area contributed by atoms with E-state index in [1.165, 1.54) is 25.2 Å². The summed E-state index contributed by atoms with van der Waals surface area (Å²) in [6.45, 7) is 15.4. The van der Waals surface area contributed by atoms with Gasteiger partial charge in [-0.15, -0.1) is 0 Å². The molecule has 0 unspecified atom stereocenters. The summed E-state index contributed by atoms with van der Waals surface area (Å²) in [5.41, 5.74) is 1.71. The highest BCUT2D eigenvalue weighted by molar-refractivity contribution is 4.97. The normalized spacial score (nSPS) is 19.2. The Morgan fingerprint density at radius 1 is 1.42 bits per heavy atom. The lowest BCUT2D eigenvalue weighted by atomic mass is 9.81. The lowest BCUT2D eigenvalue weighted by molar-refractivity contribution is 0.103. The summed E-state index contributed by atoms with van der Waals surface area (Å²) in [4.78, 5) is 2.36. The maximum Gasteiger partial charge on any atom is 0.0220 e. The third-order valence-electron chi connectivity index (χ3n) is 2.40. The highest BCUT2D eigenvalue weighted by Crippen LogP contribution is 2.31. The van der Waals surface area contributed by atoms with E-state index >= 15 is 0 Å². The van der Waals surface area contributed by atoms with Crippen LogP contribution in [0.5, 0.6) is 0 Å². The SMILES string of the molecule is C=C(C)N1CC(CC(C)(C)C)C1. The van der Waals surface area contributed by atoms with Gasteiger partial charge in [-0.3, -0.25) is 0 Å². The van der Waals surface area contributed by atoms with Crippen molar-refractivity contribution in [3.63, 3.8) is 0 Å². The monoisotopic (exact) mass is 167 g/mol. The summed E-state index contributed by atoms with van der Waals surface area (Å²) < 4.78 is 0. The van der Waals surface area contributed by atoms with Crippen LogP contribution in [0.4, 0.5) is 0 Å². The van der Waals surface area contributed by atoms with Gasteiger partial charge in [0.15, 0.2) is 0 Å². The molecule has 0 spiro atoms. The van der Waals surface area contributed by atoms with Gasteiger partial charge in [0.05, 0.1) is 0 Å². The lowest BCUT2D eigenvalue weighted by Crippen LogP contribution is -2.46. The van der Waals surface area contributed by atoms with E-state index in [2.05, 4.69) is 39.2 Å². The van der Waals surface area contributed by atoms with Gasteiger partial charge in [-0.05, 0) is 24.7 Å². The quantitative estimate of drug-likeness (QED) is 0.611. The molecule has 1 fully saturated rings. The average molecular weight is 167 g/mol. The van der Waals surface area contributed by atoms with E-state index in [1.54, 1.807) is 0 Å². The van der Waals surface area contributed by atoms with Crippen molar-refractivity contribution in [1.82, 2.24) is 4.90 Å². The summed E-state index contributed by atoms with van der Waals surface area (Å²) in [5, 5.41) is 0. The molecule has 0 amide bonds. The minimum absolute atomic E-state index is 0.492. The molecule has 0 saturated carbocycles. The second-order valence-electron chi connectivity index (χ2n) is 5.27. The molecular weight excluding hydrogens is 146 g/mol. The second kappa shape index (κ2) is 3.12. The van der Waals surface area contributed by atoms with Gasteiger partial charge < -0.3 is 4.90 Å². The molecule has 0 atom stereocenters. The first kappa shape index (κ1) is 9.63. The largest absolute Gasteiger partial charge is 0.375 e. The maximum absolute atomic E-state index is 3.93. The van der Waals surface area contributed by atoms with Crippen molar-refractivity contribution in [3.8, 4) is 0 Å². The first-order chi connectivity index (χ1) is 5.38. The molecule has 0 radical (unpaired) electrons. The summed E-state index contributed by atoms with van der Waals surface area (Å²) >= 11 is 0. The molecule has 0 aliphatic carbocycles. The van der Waals surface area contributed by atoms with Gasteiger partial charge in [-0.1, -0.05) is 27.4 Å². The van der Waals surface area contributed by atoms with Gasteiger partial charge in [0.1, 0.15) is 0 Å². The fourth-order valence-electron chi connectivity index (χ4n) is 1.88. The number of rotatable bonds is 2. The minimum Gasteiger partial charge on any atom is -0.375 e. The van der Waals surface area contributed by atoms with Gasteiger partial charge in [-0.2, -0.15) is 0 Å². The van der Waals surface area contributed by atoms with Crippen molar-refractivity contribution >= 4 is 0 Å².